The Balaban J connectivity index is 1.62. The molecule has 1 amide bonds. The molecule has 2 N–H and O–H groups in total. The van der Waals surface area contributed by atoms with Crippen LogP contribution in [0.3, 0.4) is 0 Å². The van der Waals surface area contributed by atoms with E-state index in [1.54, 1.807) is 19.1 Å². The molecule has 0 fully saturated rings. The minimum absolute atomic E-state index is 0.0398. The minimum Gasteiger partial charge on any atom is -0.325 e. The van der Waals surface area contributed by atoms with Gasteiger partial charge in [0.25, 0.3) is 5.56 Å². The van der Waals surface area contributed by atoms with Crippen molar-refractivity contribution in [2.24, 2.45) is 0 Å². The Bertz CT molecular complexity index is 1410. The van der Waals surface area contributed by atoms with Crippen molar-refractivity contribution in [3.63, 3.8) is 0 Å². The van der Waals surface area contributed by atoms with E-state index in [9.17, 15) is 18.0 Å². The molecular weight excluding hydrogens is 498 g/mol. The van der Waals surface area contributed by atoms with Crippen LogP contribution in [0, 0.1) is 6.92 Å². The summed E-state index contributed by atoms with van der Waals surface area (Å²) in [5.74, 6) is -0.412. The molecule has 2 aromatic carbocycles. The van der Waals surface area contributed by atoms with E-state index in [-0.39, 0.29) is 32.7 Å². The van der Waals surface area contributed by atoms with Gasteiger partial charge in [-0.25, -0.2) is 12.7 Å². The maximum absolute atomic E-state index is 12.5. The highest BCUT2D eigenvalue weighted by atomic mass is 32.2. The van der Waals surface area contributed by atoms with E-state index < -0.39 is 10.0 Å². The molecule has 11 heteroatoms. The molecule has 0 spiro atoms. The highest BCUT2D eigenvalue weighted by Gasteiger charge is 2.20. The second kappa shape index (κ2) is 10.9. The normalized spacial score (nSPS) is 12.1. The van der Waals surface area contributed by atoms with Gasteiger partial charge in [0, 0.05) is 26.2 Å². The highest BCUT2D eigenvalue weighted by Crippen LogP contribution is 2.24. The number of aromatic nitrogens is 3. The van der Waals surface area contributed by atoms with Crippen LogP contribution >= 0.6 is 11.8 Å². The molecule has 0 aliphatic carbocycles. The maximum atomic E-state index is 12.5. The molecule has 0 aliphatic heterocycles. The van der Waals surface area contributed by atoms with E-state index in [4.69, 9.17) is 0 Å². The van der Waals surface area contributed by atoms with Crippen LogP contribution in [0.5, 0.6) is 0 Å². The standard InChI is InChI=1S/C25H31N5O4S2/c1-16-7-12-19(14-21(16)36(33,34)30(5)6)26-22(31)15-35-24-27-23(32)20(28-29-24)13-17-8-10-18(11-9-17)25(2,3)4/h7-12,14H,13,15H2,1-6H3,(H,26,31)(H,27,29,32). The van der Waals surface area contributed by atoms with E-state index in [0.29, 0.717) is 23.4 Å². The molecule has 0 aliphatic rings. The monoisotopic (exact) mass is 529 g/mol. The van der Waals surface area contributed by atoms with Crippen molar-refractivity contribution in [3.05, 3.63) is 75.2 Å². The van der Waals surface area contributed by atoms with Gasteiger partial charge in [-0.2, -0.15) is 0 Å². The predicted octanol–water partition coefficient (Wildman–Crippen LogP) is 3.34. The number of carbonyl (C=O) groups is 1. The Morgan fingerprint density at radius 1 is 1.08 bits per heavy atom. The Hall–Kier alpha value is -3.02. The predicted molar refractivity (Wildman–Crippen MR) is 142 cm³/mol. The molecule has 0 atom stereocenters. The molecule has 0 radical (unpaired) electrons. The summed E-state index contributed by atoms with van der Waals surface area (Å²) in [5, 5.41) is 11.0. The average molecular weight is 530 g/mol. The molecule has 0 saturated carbocycles. The Morgan fingerprint density at radius 2 is 1.75 bits per heavy atom. The van der Waals surface area contributed by atoms with E-state index in [1.165, 1.54) is 25.7 Å². The smallest absolute Gasteiger partial charge is 0.273 e. The fourth-order valence-electron chi connectivity index (χ4n) is 3.33. The molecule has 0 bridgehead atoms. The molecule has 9 nitrogen and oxygen atoms in total. The first kappa shape index (κ1) is 27.6. The summed E-state index contributed by atoms with van der Waals surface area (Å²) in [6.45, 7) is 8.12. The maximum Gasteiger partial charge on any atom is 0.273 e. The van der Waals surface area contributed by atoms with E-state index in [0.717, 1.165) is 21.6 Å². The zero-order valence-corrected chi connectivity index (χ0v) is 22.9. The number of H-pyrrole nitrogens is 1. The molecule has 36 heavy (non-hydrogen) atoms. The first-order valence-corrected chi connectivity index (χ1v) is 13.7. The van der Waals surface area contributed by atoms with Gasteiger partial charge in [-0.3, -0.25) is 14.6 Å². The lowest BCUT2D eigenvalue weighted by Gasteiger charge is -2.19. The number of amides is 1. The largest absolute Gasteiger partial charge is 0.325 e. The number of carbonyl (C=O) groups excluding carboxylic acids is 1. The van der Waals surface area contributed by atoms with Crippen LogP contribution < -0.4 is 10.9 Å². The van der Waals surface area contributed by atoms with Crippen LogP contribution in [-0.2, 0) is 26.7 Å². The minimum atomic E-state index is -3.64. The molecule has 3 rings (SSSR count). The van der Waals surface area contributed by atoms with Gasteiger partial charge in [0.1, 0.15) is 5.69 Å². The third kappa shape index (κ3) is 6.80. The van der Waals surface area contributed by atoms with Crippen LogP contribution in [0.15, 0.2) is 57.3 Å². The number of sulfonamides is 1. The molecule has 192 valence electrons. The van der Waals surface area contributed by atoms with Crippen LogP contribution in [0.1, 0.15) is 43.2 Å². The number of hydrogen-bond acceptors (Lipinski definition) is 7. The van der Waals surface area contributed by atoms with Crippen LogP contribution in [-0.4, -0.2) is 53.7 Å². The van der Waals surface area contributed by atoms with Gasteiger partial charge in [0.05, 0.1) is 10.6 Å². The molecule has 3 aromatic rings. The number of anilines is 1. The summed E-state index contributed by atoms with van der Waals surface area (Å²) in [6, 6.07) is 12.8. The Kier molecular flexibility index (Phi) is 8.37. The lowest BCUT2D eigenvalue weighted by Crippen LogP contribution is -2.23. The van der Waals surface area contributed by atoms with Crippen LogP contribution in [0.25, 0.3) is 0 Å². The zero-order valence-electron chi connectivity index (χ0n) is 21.2. The highest BCUT2D eigenvalue weighted by molar-refractivity contribution is 7.99. The third-order valence-electron chi connectivity index (χ3n) is 5.51. The van der Waals surface area contributed by atoms with Crippen LogP contribution in [0.2, 0.25) is 0 Å². The number of hydrogen-bond donors (Lipinski definition) is 2. The van der Waals surface area contributed by atoms with Crippen molar-refractivity contribution in [3.8, 4) is 0 Å². The second-order valence-electron chi connectivity index (χ2n) is 9.63. The van der Waals surface area contributed by atoms with Gasteiger partial charge in [0.15, 0.2) is 5.16 Å². The number of aryl methyl sites for hydroxylation is 1. The fourth-order valence-corrected chi connectivity index (χ4v) is 5.07. The summed E-state index contributed by atoms with van der Waals surface area (Å²) in [6.07, 6.45) is 0.351. The zero-order chi connectivity index (χ0) is 26.7. The van der Waals surface area contributed by atoms with Gasteiger partial charge >= 0.3 is 0 Å². The summed E-state index contributed by atoms with van der Waals surface area (Å²) in [4.78, 5) is 27.7. The third-order valence-corrected chi connectivity index (χ3v) is 8.33. The number of nitrogens with one attached hydrogen (secondary N) is 2. The van der Waals surface area contributed by atoms with Crippen molar-refractivity contribution in [1.82, 2.24) is 19.5 Å². The SMILES string of the molecule is Cc1ccc(NC(=O)CSc2nnc(Cc3ccc(C(C)(C)C)cc3)c(=O)[nH]2)cc1S(=O)(=O)N(C)C. The molecular formula is C25H31N5O4S2. The van der Waals surface area contributed by atoms with Crippen molar-refractivity contribution >= 4 is 33.4 Å². The van der Waals surface area contributed by atoms with Gasteiger partial charge in [-0.05, 0) is 41.2 Å². The van der Waals surface area contributed by atoms with Crippen molar-refractivity contribution in [1.29, 1.82) is 0 Å². The molecule has 0 unspecified atom stereocenters. The molecule has 1 aromatic heterocycles. The number of nitrogens with zero attached hydrogens (tertiary/aromatic N) is 3. The van der Waals surface area contributed by atoms with E-state index in [1.807, 2.05) is 24.3 Å². The van der Waals surface area contributed by atoms with E-state index in [2.05, 4.69) is 41.3 Å². The lowest BCUT2D eigenvalue weighted by molar-refractivity contribution is -0.113. The van der Waals surface area contributed by atoms with Gasteiger partial charge in [-0.15, -0.1) is 10.2 Å². The van der Waals surface area contributed by atoms with Crippen LogP contribution in [0.4, 0.5) is 5.69 Å². The van der Waals surface area contributed by atoms with E-state index >= 15 is 0 Å². The van der Waals surface area contributed by atoms with Crippen molar-refractivity contribution in [2.45, 2.75) is 49.6 Å². The fraction of sp³-hybridized carbons (Fsp3) is 0.360. The summed E-state index contributed by atoms with van der Waals surface area (Å²) < 4.78 is 26.1. The van der Waals surface area contributed by atoms with Crippen molar-refractivity contribution < 1.29 is 13.2 Å². The second-order valence-corrected chi connectivity index (χ2v) is 12.7. The van der Waals surface area contributed by atoms with Gasteiger partial charge in [0.2, 0.25) is 15.9 Å². The Morgan fingerprint density at radius 3 is 2.33 bits per heavy atom. The summed E-state index contributed by atoms with van der Waals surface area (Å²) in [7, 11) is -0.741. The number of aromatic amines is 1. The Labute approximate surface area is 215 Å². The topological polar surface area (TPSA) is 125 Å². The summed E-state index contributed by atoms with van der Waals surface area (Å²) in [5.41, 5.74) is 3.08. The van der Waals surface area contributed by atoms with Gasteiger partial charge < -0.3 is 5.32 Å². The summed E-state index contributed by atoms with van der Waals surface area (Å²) >= 11 is 1.03. The average Bonchev–Trinajstić information content (AvgIpc) is 2.80. The first-order chi connectivity index (χ1) is 16.8. The quantitative estimate of drug-likeness (QED) is 0.429. The van der Waals surface area contributed by atoms with Gasteiger partial charge in [-0.1, -0.05) is 62.9 Å². The molecule has 1 heterocycles. The molecule has 0 saturated heterocycles. The number of benzene rings is 2. The van der Waals surface area contributed by atoms with Crippen molar-refractivity contribution in [2.75, 3.05) is 25.2 Å². The number of rotatable bonds is 8. The first-order valence-electron chi connectivity index (χ1n) is 11.3. The lowest BCUT2D eigenvalue weighted by atomic mass is 9.86. The number of thioether (sulfide) groups is 1.